The molecule has 1 atom stereocenters. The molecule has 8 nitrogen and oxygen atoms in total. The predicted octanol–water partition coefficient (Wildman–Crippen LogP) is 3.56. The largest absolute Gasteiger partial charge is 0.507 e. The summed E-state index contributed by atoms with van der Waals surface area (Å²) in [6.45, 7) is 3.03. The van der Waals surface area contributed by atoms with Crippen LogP contribution in [-0.4, -0.2) is 62.8 Å². The second kappa shape index (κ2) is 10.9. The fraction of sp³-hybridized carbons (Fsp3) is 0.360. The molecular formula is C25H29NO7. The topological polar surface area (TPSA) is 94.5 Å². The van der Waals surface area contributed by atoms with E-state index in [1.54, 1.807) is 42.5 Å². The van der Waals surface area contributed by atoms with E-state index in [1.807, 2.05) is 6.92 Å². The summed E-state index contributed by atoms with van der Waals surface area (Å²) in [5.74, 6) is -0.306. The molecule has 1 saturated heterocycles. The third kappa shape index (κ3) is 4.96. The number of carbonyl (C=O) groups is 2. The average molecular weight is 456 g/mol. The van der Waals surface area contributed by atoms with Gasteiger partial charge in [-0.1, -0.05) is 19.1 Å². The van der Waals surface area contributed by atoms with E-state index < -0.39 is 17.7 Å². The van der Waals surface area contributed by atoms with Gasteiger partial charge >= 0.3 is 0 Å². The van der Waals surface area contributed by atoms with Gasteiger partial charge in [0.15, 0.2) is 0 Å². The first kappa shape index (κ1) is 24.1. The molecule has 1 aliphatic heterocycles. The van der Waals surface area contributed by atoms with Crippen LogP contribution in [0.3, 0.4) is 0 Å². The van der Waals surface area contributed by atoms with Crippen molar-refractivity contribution in [2.45, 2.75) is 19.4 Å². The van der Waals surface area contributed by atoms with Crippen LogP contribution in [-0.2, 0) is 14.3 Å². The molecule has 0 aromatic heterocycles. The SMILES string of the molecule is CCCOc1ccc(C2/C(=C(\O)c3cc(OC)ccc3OC)C(=O)C(=O)N2CCOC)cc1. The molecule has 1 fully saturated rings. The highest BCUT2D eigenvalue weighted by Gasteiger charge is 2.46. The van der Waals surface area contributed by atoms with Crippen LogP contribution >= 0.6 is 0 Å². The zero-order valence-electron chi connectivity index (χ0n) is 19.3. The normalized spacial score (nSPS) is 17.3. The van der Waals surface area contributed by atoms with E-state index in [2.05, 4.69) is 0 Å². The van der Waals surface area contributed by atoms with E-state index in [-0.39, 0.29) is 30.0 Å². The van der Waals surface area contributed by atoms with Gasteiger partial charge in [-0.05, 0) is 42.3 Å². The molecule has 33 heavy (non-hydrogen) atoms. The van der Waals surface area contributed by atoms with Crippen LogP contribution < -0.4 is 14.2 Å². The number of amides is 1. The Kier molecular flexibility index (Phi) is 7.95. The number of hydrogen-bond acceptors (Lipinski definition) is 7. The summed E-state index contributed by atoms with van der Waals surface area (Å²) >= 11 is 0. The lowest BCUT2D eigenvalue weighted by Gasteiger charge is -2.25. The summed E-state index contributed by atoms with van der Waals surface area (Å²) in [5.41, 5.74) is 0.900. The van der Waals surface area contributed by atoms with Gasteiger partial charge in [0.1, 0.15) is 23.0 Å². The quantitative estimate of drug-likeness (QED) is 0.333. The van der Waals surface area contributed by atoms with Crippen molar-refractivity contribution in [3.05, 3.63) is 59.2 Å². The minimum Gasteiger partial charge on any atom is -0.507 e. The Morgan fingerprint density at radius 1 is 0.970 bits per heavy atom. The van der Waals surface area contributed by atoms with Gasteiger partial charge in [0.05, 0.1) is 44.6 Å². The number of ketones is 1. The maximum atomic E-state index is 13.1. The van der Waals surface area contributed by atoms with Gasteiger partial charge in [-0.2, -0.15) is 0 Å². The van der Waals surface area contributed by atoms with E-state index in [4.69, 9.17) is 18.9 Å². The third-order valence-electron chi connectivity index (χ3n) is 5.41. The molecule has 3 rings (SSSR count). The van der Waals surface area contributed by atoms with Crippen molar-refractivity contribution in [3.63, 3.8) is 0 Å². The summed E-state index contributed by atoms with van der Waals surface area (Å²) in [7, 11) is 4.48. The molecule has 2 aromatic carbocycles. The monoisotopic (exact) mass is 455 g/mol. The zero-order valence-corrected chi connectivity index (χ0v) is 19.3. The highest BCUT2D eigenvalue weighted by molar-refractivity contribution is 6.46. The molecule has 1 aliphatic rings. The minimum atomic E-state index is -0.795. The summed E-state index contributed by atoms with van der Waals surface area (Å²) in [4.78, 5) is 27.4. The van der Waals surface area contributed by atoms with Crippen molar-refractivity contribution in [1.29, 1.82) is 0 Å². The van der Waals surface area contributed by atoms with Crippen molar-refractivity contribution < 1.29 is 33.6 Å². The maximum Gasteiger partial charge on any atom is 0.295 e. The fourth-order valence-electron chi connectivity index (χ4n) is 3.76. The first-order valence-electron chi connectivity index (χ1n) is 10.7. The second-order valence-corrected chi connectivity index (χ2v) is 7.47. The van der Waals surface area contributed by atoms with Gasteiger partial charge in [0.25, 0.3) is 11.7 Å². The molecule has 0 radical (unpaired) electrons. The zero-order chi connectivity index (χ0) is 24.0. The molecule has 176 valence electrons. The Labute approximate surface area is 193 Å². The Balaban J connectivity index is 2.15. The molecule has 1 amide bonds. The lowest BCUT2D eigenvalue weighted by Crippen LogP contribution is -2.32. The Bertz CT molecular complexity index is 1030. The first-order valence-corrected chi connectivity index (χ1v) is 10.7. The highest BCUT2D eigenvalue weighted by Crippen LogP contribution is 2.41. The van der Waals surface area contributed by atoms with Gasteiger partial charge in [-0.3, -0.25) is 9.59 Å². The number of carbonyl (C=O) groups excluding carboxylic acids is 2. The van der Waals surface area contributed by atoms with Gasteiger partial charge in [0.2, 0.25) is 0 Å². The lowest BCUT2D eigenvalue weighted by atomic mass is 9.95. The van der Waals surface area contributed by atoms with Crippen LogP contribution in [0.2, 0.25) is 0 Å². The van der Waals surface area contributed by atoms with Crippen LogP contribution in [0.15, 0.2) is 48.0 Å². The molecule has 2 aromatic rings. The summed E-state index contributed by atoms with van der Waals surface area (Å²) in [5, 5.41) is 11.3. The van der Waals surface area contributed by atoms with Crippen molar-refractivity contribution in [2.75, 3.05) is 41.1 Å². The molecule has 1 unspecified atom stereocenters. The van der Waals surface area contributed by atoms with Crippen LogP contribution in [0.4, 0.5) is 0 Å². The van der Waals surface area contributed by atoms with Crippen molar-refractivity contribution >= 4 is 17.4 Å². The van der Waals surface area contributed by atoms with Crippen LogP contribution in [0, 0.1) is 0 Å². The molecule has 1 N–H and O–H groups in total. The summed E-state index contributed by atoms with van der Waals surface area (Å²) < 4.78 is 21.4. The van der Waals surface area contributed by atoms with Crippen molar-refractivity contribution in [3.8, 4) is 17.2 Å². The predicted molar refractivity (Wildman–Crippen MR) is 123 cm³/mol. The number of nitrogens with zero attached hydrogens (tertiary/aromatic N) is 1. The smallest absolute Gasteiger partial charge is 0.295 e. The van der Waals surface area contributed by atoms with E-state index in [0.29, 0.717) is 29.4 Å². The average Bonchev–Trinajstić information content (AvgIpc) is 3.10. The second-order valence-electron chi connectivity index (χ2n) is 7.47. The summed E-state index contributed by atoms with van der Waals surface area (Å²) in [6.07, 6.45) is 0.876. The number of Topliss-reactive ketones (excluding diaryl/α,β-unsaturated/α-hetero) is 1. The van der Waals surface area contributed by atoms with Crippen LogP contribution in [0.25, 0.3) is 5.76 Å². The van der Waals surface area contributed by atoms with Gasteiger partial charge in [-0.15, -0.1) is 0 Å². The Morgan fingerprint density at radius 3 is 2.27 bits per heavy atom. The van der Waals surface area contributed by atoms with E-state index >= 15 is 0 Å². The highest BCUT2D eigenvalue weighted by atomic mass is 16.5. The van der Waals surface area contributed by atoms with E-state index in [1.165, 1.54) is 26.2 Å². The summed E-state index contributed by atoms with van der Waals surface area (Å²) in [6, 6.07) is 11.2. The molecular weight excluding hydrogens is 426 g/mol. The van der Waals surface area contributed by atoms with Crippen LogP contribution in [0.1, 0.15) is 30.5 Å². The lowest BCUT2D eigenvalue weighted by molar-refractivity contribution is -0.140. The molecule has 0 aliphatic carbocycles. The van der Waals surface area contributed by atoms with Crippen LogP contribution in [0.5, 0.6) is 17.2 Å². The number of benzene rings is 2. The number of ether oxygens (including phenoxy) is 4. The van der Waals surface area contributed by atoms with Gasteiger partial charge < -0.3 is 29.0 Å². The van der Waals surface area contributed by atoms with Crippen molar-refractivity contribution in [1.82, 2.24) is 4.90 Å². The molecule has 0 bridgehead atoms. The van der Waals surface area contributed by atoms with Gasteiger partial charge in [-0.25, -0.2) is 0 Å². The Hall–Kier alpha value is -3.52. The standard InChI is InChI=1S/C25H29NO7/c1-5-13-33-17-8-6-16(7-9-17)22-21(24(28)25(29)26(22)12-14-30-2)23(27)19-15-18(31-3)10-11-20(19)32-4/h6-11,15,22,27H,5,12-14H2,1-4H3/b23-21+. The van der Waals surface area contributed by atoms with Crippen molar-refractivity contribution in [2.24, 2.45) is 0 Å². The van der Waals surface area contributed by atoms with E-state index in [9.17, 15) is 14.7 Å². The number of likely N-dealkylation sites (tertiary alicyclic amines) is 1. The fourth-order valence-corrected chi connectivity index (χ4v) is 3.76. The Morgan fingerprint density at radius 2 is 1.67 bits per heavy atom. The first-order chi connectivity index (χ1) is 16.0. The molecule has 1 heterocycles. The number of aliphatic hydroxyl groups is 1. The molecule has 0 spiro atoms. The van der Waals surface area contributed by atoms with Gasteiger partial charge in [0, 0.05) is 13.7 Å². The number of aliphatic hydroxyl groups excluding tert-OH is 1. The molecule has 0 saturated carbocycles. The number of hydrogen-bond donors (Lipinski definition) is 1. The molecule has 8 heteroatoms. The maximum absolute atomic E-state index is 13.1. The number of methoxy groups -OCH3 is 3. The number of rotatable bonds is 10. The van der Waals surface area contributed by atoms with E-state index in [0.717, 1.165) is 6.42 Å². The minimum absolute atomic E-state index is 0.0233. The third-order valence-corrected chi connectivity index (χ3v) is 5.41.